The van der Waals surface area contributed by atoms with Gasteiger partial charge in [0, 0.05) is 10.2 Å². The summed E-state index contributed by atoms with van der Waals surface area (Å²) in [4.78, 5) is 12.1. The Bertz CT molecular complexity index is 702. The van der Waals surface area contributed by atoms with Crippen LogP contribution in [-0.4, -0.2) is 24.8 Å². The average molecular weight is 390 g/mol. The van der Waals surface area contributed by atoms with Crippen LogP contribution in [0.4, 0.5) is 5.69 Å². The molecule has 0 bridgehead atoms. The Balaban J connectivity index is 1.85. The van der Waals surface area contributed by atoms with Crippen molar-refractivity contribution in [3.8, 4) is 5.75 Å². The highest BCUT2D eigenvalue weighted by Crippen LogP contribution is 2.16. The predicted molar refractivity (Wildman–Crippen MR) is 101 cm³/mol. The summed E-state index contributed by atoms with van der Waals surface area (Å²) >= 11 is 3.39. The number of rotatable bonds is 7. The van der Waals surface area contributed by atoms with Crippen LogP contribution in [0.25, 0.3) is 0 Å². The number of hydrogen-bond donors (Lipinski definition) is 2. The molecule has 0 saturated heterocycles. The number of benzene rings is 2. The molecule has 126 valence electrons. The van der Waals surface area contributed by atoms with Gasteiger partial charge < -0.3 is 10.1 Å². The zero-order valence-corrected chi connectivity index (χ0v) is 15.2. The summed E-state index contributed by atoms with van der Waals surface area (Å²) in [5, 5.41) is 7.10. The number of nitrogens with one attached hydrogen (secondary N) is 2. The first kappa shape index (κ1) is 18.0. The lowest BCUT2D eigenvalue weighted by Gasteiger charge is -2.14. The molecule has 0 unspecified atom stereocenters. The highest BCUT2D eigenvalue weighted by atomic mass is 79.9. The molecule has 1 amide bonds. The molecule has 2 aromatic carbocycles. The van der Waals surface area contributed by atoms with E-state index in [-0.39, 0.29) is 5.91 Å². The lowest BCUT2D eigenvalue weighted by Crippen LogP contribution is -2.34. The maximum Gasteiger partial charge on any atom is 0.262 e. The summed E-state index contributed by atoms with van der Waals surface area (Å²) in [5.74, 6) is 0.592. The molecule has 0 spiro atoms. The molecule has 0 saturated carbocycles. The van der Waals surface area contributed by atoms with Crippen molar-refractivity contribution in [2.45, 2.75) is 19.9 Å². The van der Waals surface area contributed by atoms with Gasteiger partial charge in [-0.3, -0.25) is 4.79 Å². The van der Waals surface area contributed by atoms with Crippen molar-refractivity contribution in [2.24, 2.45) is 5.10 Å². The maximum absolute atomic E-state index is 12.1. The van der Waals surface area contributed by atoms with E-state index < -0.39 is 6.04 Å². The van der Waals surface area contributed by atoms with E-state index in [0.717, 1.165) is 21.5 Å². The summed E-state index contributed by atoms with van der Waals surface area (Å²) in [6.45, 7) is 4.34. The van der Waals surface area contributed by atoms with E-state index in [0.29, 0.717) is 6.61 Å². The maximum atomic E-state index is 12.1. The monoisotopic (exact) mass is 389 g/mol. The molecule has 2 aromatic rings. The Kier molecular flexibility index (Phi) is 6.81. The summed E-state index contributed by atoms with van der Waals surface area (Å²) in [6, 6.07) is 14.7. The van der Waals surface area contributed by atoms with Crippen LogP contribution < -0.4 is 15.5 Å². The van der Waals surface area contributed by atoms with E-state index in [1.165, 1.54) is 0 Å². The van der Waals surface area contributed by atoms with Crippen LogP contribution in [0, 0.1) is 0 Å². The van der Waals surface area contributed by atoms with Gasteiger partial charge in [-0.25, -0.2) is 5.43 Å². The summed E-state index contributed by atoms with van der Waals surface area (Å²) in [6.07, 6.45) is 1.60. The van der Waals surface area contributed by atoms with Crippen LogP contribution in [0.5, 0.6) is 5.75 Å². The first-order valence-electron chi connectivity index (χ1n) is 7.66. The normalized spacial score (nSPS) is 12.0. The van der Waals surface area contributed by atoms with Gasteiger partial charge in [0.2, 0.25) is 0 Å². The van der Waals surface area contributed by atoms with Crippen molar-refractivity contribution in [3.05, 3.63) is 58.6 Å². The Morgan fingerprint density at radius 1 is 1.29 bits per heavy atom. The minimum absolute atomic E-state index is 0.213. The molecule has 2 N–H and O–H groups in total. The molecule has 6 heteroatoms. The van der Waals surface area contributed by atoms with Crippen LogP contribution in [-0.2, 0) is 4.79 Å². The van der Waals surface area contributed by atoms with E-state index in [1.807, 2.05) is 55.5 Å². The minimum Gasteiger partial charge on any atom is -0.494 e. The molecule has 0 aromatic heterocycles. The molecule has 1 atom stereocenters. The SMILES string of the molecule is CCOc1ccc(N[C@H](C)C(=O)N/N=C\c2cccc(Br)c2)cc1. The van der Waals surface area contributed by atoms with Gasteiger partial charge in [0.15, 0.2) is 0 Å². The highest BCUT2D eigenvalue weighted by molar-refractivity contribution is 9.10. The number of carbonyl (C=O) groups is 1. The van der Waals surface area contributed by atoms with E-state index in [2.05, 4.69) is 31.8 Å². The number of anilines is 1. The lowest BCUT2D eigenvalue weighted by molar-refractivity contribution is -0.121. The Morgan fingerprint density at radius 2 is 2.04 bits per heavy atom. The van der Waals surface area contributed by atoms with Crippen LogP contribution in [0.1, 0.15) is 19.4 Å². The average Bonchev–Trinajstić information content (AvgIpc) is 2.57. The Morgan fingerprint density at radius 3 is 2.71 bits per heavy atom. The lowest BCUT2D eigenvalue weighted by atomic mass is 10.2. The first-order valence-corrected chi connectivity index (χ1v) is 8.45. The van der Waals surface area contributed by atoms with Gasteiger partial charge in [0.05, 0.1) is 12.8 Å². The van der Waals surface area contributed by atoms with Gasteiger partial charge in [-0.1, -0.05) is 28.1 Å². The zero-order chi connectivity index (χ0) is 17.4. The van der Waals surface area contributed by atoms with Gasteiger partial charge in [0.25, 0.3) is 5.91 Å². The van der Waals surface area contributed by atoms with Crippen LogP contribution >= 0.6 is 15.9 Å². The van der Waals surface area contributed by atoms with E-state index in [1.54, 1.807) is 13.1 Å². The fraction of sp³-hybridized carbons (Fsp3) is 0.222. The largest absolute Gasteiger partial charge is 0.494 e. The third-order valence-electron chi connectivity index (χ3n) is 3.18. The summed E-state index contributed by atoms with van der Waals surface area (Å²) in [5.41, 5.74) is 4.27. The topological polar surface area (TPSA) is 62.7 Å². The van der Waals surface area contributed by atoms with Crippen LogP contribution in [0.3, 0.4) is 0 Å². The molecule has 0 aliphatic carbocycles. The third kappa shape index (κ3) is 5.70. The minimum atomic E-state index is -0.414. The second-order valence-electron chi connectivity index (χ2n) is 5.11. The zero-order valence-electron chi connectivity index (χ0n) is 13.6. The number of carbonyl (C=O) groups excluding carboxylic acids is 1. The smallest absolute Gasteiger partial charge is 0.262 e. The van der Waals surface area contributed by atoms with Gasteiger partial charge in [-0.2, -0.15) is 5.10 Å². The molecule has 0 heterocycles. The number of halogens is 1. The van der Waals surface area contributed by atoms with E-state index >= 15 is 0 Å². The van der Waals surface area contributed by atoms with Gasteiger partial charge in [0.1, 0.15) is 11.8 Å². The number of hydrazone groups is 1. The quantitative estimate of drug-likeness (QED) is 0.559. The second kappa shape index (κ2) is 9.08. The second-order valence-corrected chi connectivity index (χ2v) is 6.03. The Hall–Kier alpha value is -2.34. The molecule has 2 rings (SSSR count). The van der Waals surface area contributed by atoms with Gasteiger partial charge >= 0.3 is 0 Å². The summed E-state index contributed by atoms with van der Waals surface area (Å²) in [7, 11) is 0. The molecule has 0 fully saturated rings. The van der Waals surface area contributed by atoms with Crippen molar-refractivity contribution in [3.63, 3.8) is 0 Å². The molecule has 0 radical (unpaired) electrons. The molecule has 5 nitrogen and oxygen atoms in total. The number of hydrogen-bond acceptors (Lipinski definition) is 4. The van der Waals surface area contributed by atoms with Crippen molar-refractivity contribution < 1.29 is 9.53 Å². The molecular weight excluding hydrogens is 370 g/mol. The number of nitrogens with zero attached hydrogens (tertiary/aromatic N) is 1. The number of ether oxygens (including phenoxy) is 1. The van der Waals surface area contributed by atoms with Crippen molar-refractivity contribution >= 4 is 33.7 Å². The first-order chi connectivity index (χ1) is 11.6. The van der Waals surface area contributed by atoms with Crippen LogP contribution in [0.2, 0.25) is 0 Å². The standard InChI is InChI=1S/C18H20BrN3O2/c1-3-24-17-9-7-16(8-10-17)21-13(2)18(23)22-20-12-14-5-4-6-15(19)11-14/h4-13,21H,3H2,1-2H3,(H,22,23)/b20-12-/t13-/m1/s1. The Labute approximate surface area is 150 Å². The van der Waals surface area contributed by atoms with Gasteiger partial charge in [-0.05, 0) is 55.8 Å². The fourth-order valence-corrected chi connectivity index (χ4v) is 2.40. The third-order valence-corrected chi connectivity index (χ3v) is 3.67. The van der Waals surface area contributed by atoms with E-state index in [4.69, 9.17) is 4.74 Å². The van der Waals surface area contributed by atoms with Crippen molar-refractivity contribution in [1.82, 2.24) is 5.43 Å². The van der Waals surface area contributed by atoms with Gasteiger partial charge in [-0.15, -0.1) is 0 Å². The summed E-state index contributed by atoms with van der Waals surface area (Å²) < 4.78 is 6.35. The molecule has 0 aliphatic rings. The van der Waals surface area contributed by atoms with Crippen molar-refractivity contribution in [1.29, 1.82) is 0 Å². The molecular formula is C18H20BrN3O2. The van der Waals surface area contributed by atoms with Crippen molar-refractivity contribution in [2.75, 3.05) is 11.9 Å². The van der Waals surface area contributed by atoms with E-state index in [9.17, 15) is 4.79 Å². The van der Waals surface area contributed by atoms with Crippen LogP contribution in [0.15, 0.2) is 58.1 Å². The highest BCUT2D eigenvalue weighted by Gasteiger charge is 2.11. The predicted octanol–water partition coefficient (Wildman–Crippen LogP) is 3.80. The fourth-order valence-electron chi connectivity index (χ4n) is 1.98. The molecule has 0 aliphatic heterocycles. The number of amides is 1. The molecule has 24 heavy (non-hydrogen) atoms.